The van der Waals surface area contributed by atoms with Gasteiger partial charge < -0.3 is 25.8 Å². The van der Waals surface area contributed by atoms with E-state index in [-0.39, 0.29) is 11.4 Å². The Bertz CT molecular complexity index is 629. The first-order valence-electron chi connectivity index (χ1n) is 5.88. The van der Waals surface area contributed by atoms with Crippen LogP contribution in [0.1, 0.15) is 11.8 Å². The minimum absolute atomic E-state index is 0.0405. The summed E-state index contributed by atoms with van der Waals surface area (Å²) in [6.45, 7) is -1.27. The van der Waals surface area contributed by atoms with Crippen LogP contribution in [0.2, 0.25) is 0 Å². The number of ether oxygens (including phenoxy) is 1. The normalized spacial score (nSPS) is 25.4. The van der Waals surface area contributed by atoms with E-state index < -0.39 is 49.0 Å². The molecule has 0 radical (unpaired) electrons. The molecule has 3 atom stereocenters. The second-order valence-corrected chi connectivity index (χ2v) is 4.37. The summed E-state index contributed by atoms with van der Waals surface area (Å²) >= 11 is 0. The monoisotopic (exact) mass is 305 g/mol. The lowest BCUT2D eigenvalue weighted by molar-refractivity contribution is -0.0449. The number of nitrogens with two attached hydrogens (primary N) is 1. The topological polar surface area (TPSA) is 131 Å². The van der Waals surface area contributed by atoms with Crippen LogP contribution in [0.4, 0.5) is 14.6 Å². The van der Waals surface area contributed by atoms with E-state index in [1.807, 2.05) is 0 Å². The summed E-state index contributed by atoms with van der Waals surface area (Å²) in [7, 11) is 0. The van der Waals surface area contributed by atoms with Crippen molar-refractivity contribution in [1.82, 2.24) is 9.55 Å². The lowest BCUT2D eigenvalue weighted by Gasteiger charge is -2.16. The van der Waals surface area contributed by atoms with Gasteiger partial charge in [0.25, 0.3) is 6.08 Å². The van der Waals surface area contributed by atoms with Gasteiger partial charge in [-0.3, -0.25) is 4.57 Å². The number of hydrogen-bond acceptors (Lipinski definition) is 7. The number of aromatic nitrogens is 2. The Kier molecular flexibility index (Phi) is 4.32. The van der Waals surface area contributed by atoms with E-state index in [9.17, 15) is 18.7 Å². The van der Waals surface area contributed by atoms with Crippen molar-refractivity contribution in [1.29, 1.82) is 0 Å². The number of aliphatic hydroxyl groups is 3. The van der Waals surface area contributed by atoms with Crippen LogP contribution in [0, 0.1) is 0 Å². The lowest BCUT2D eigenvalue weighted by atomic mass is 10.1. The first-order valence-corrected chi connectivity index (χ1v) is 5.88. The van der Waals surface area contributed by atoms with Gasteiger partial charge in [0, 0.05) is 11.8 Å². The molecule has 10 heteroatoms. The zero-order valence-electron chi connectivity index (χ0n) is 10.6. The van der Waals surface area contributed by atoms with Crippen molar-refractivity contribution in [2.24, 2.45) is 0 Å². The van der Waals surface area contributed by atoms with Gasteiger partial charge in [-0.2, -0.15) is 13.8 Å². The predicted octanol–water partition coefficient (Wildman–Crippen LogP) is -1.28. The number of halogens is 2. The average molecular weight is 305 g/mol. The van der Waals surface area contributed by atoms with E-state index in [1.54, 1.807) is 0 Å². The fraction of sp³-hybridized carbons (Fsp3) is 0.455. The van der Waals surface area contributed by atoms with Crippen LogP contribution in [-0.2, 0) is 11.3 Å². The van der Waals surface area contributed by atoms with Crippen molar-refractivity contribution in [3.8, 4) is 0 Å². The number of nitrogen functional groups attached to an aromatic ring is 1. The molecule has 0 spiro atoms. The highest BCUT2D eigenvalue weighted by atomic mass is 19.3. The Balaban J connectivity index is 2.55. The van der Waals surface area contributed by atoms with Gasteiger partial charge >= 0.3 is 5.69 Å². The van der Waals surface area contributed by atoms with Crippen LogP contribution in [0.3, 0.4) is 0 Å². The summed E-state index contributed by atoms with van der Waals surface area (Å²) in [5.41, 5.74) is 3.61. The maximum Gasteiger partial charge on any atom is 0.351 e. The molecule has 2 rings (SSSR count). The van der Waals surface area contributed by atoms with E-state index in [4.69, 9.17) is 20.7 Å². The molecule has 1 fully saturated rings. The lowest BCUT2D eigenvalue weighted by Crippen LogP contribution is -2.29. The summed E-state index contributed by atoms with van der Waals surface area (Å²) in [4.78, 5) is 15.2. The highest BCUT2D eigenvalue weighted by molar-refractivity contribution is 5.36. The Morgan fingerprint density at radius 2 is 2.14 bits per heavy atom. The highest BCUT2D eigenvalue weighted by Gasteiger charge is 2.43. The van der Waals surface area contributed by atoms with Crippen molar-refractivity contribution < 1.29 is 28.8 Å². The number of hydrogen-bond donors (Lipinski definition) is 4. The zero-order chi connectivity index (χ0) is 15.7. The molecule has 0 amide bonds. The van der Waals surface area contributed by atoms with Gasteiger partial charge in [0.2, 0.25) is 0 Å². The number of aliphatic hydroxyl groups excluding tert-OH is 3. The fourth-order valence-electron chi connectivity index (χ4n) is 2.03. The molecule has 116 valence electrons. The van der Waals surface area contributed by atoms with E-state index in [2.05, 4.69) is 4.98 Å². The minimum atomic E-state index is -2.22. The molecular weight excluding hydrogens is 292 g/mol. The van der Waals surface area contributed by atoms with Crippen molar-refractivity contribution in [3.05, 3.63) is 33.9 Å². The van der Waals surface area contributed by atoms with Gasteiger partial charge in [0.15, 0.2) is 6.23 Å². The van der Waals surface area contributed by atoms with Crippen LogP contribution in [0.5, 0.6) is 0 Å². The van der Waals surface area contributed by atoms with Crippen LogP contribution in [-0.4, -0.2) is 43.7 Å². The fourth-order valence-corrected chi connectivity index (χ4v) is 2.03. The molecule has 0 bridgehead atoms. The standard InChI is InChI=1S/C11H13F2N3O5/c12-8(13)6-7(19)5(3-18)21-10(6)16-1-4(2-17)9(14)15-11(16)20/h1,5,7,10,17-19H,2-3H2,(H2,14,15,20)/t5-,7?,10-/m1/s1. The third-order valence-corrected chi connectivity index (χ3v) is 3.12. The maximum absolute atomic E-state index is 13.0. The number of anilines is 1. The largest absolute Gasteiger partial charge is 0.394 e. The Labute approximate surface area is 116 Å². The molecule has 0 aromatic carbocycles. The minimum Gasteiger partial charge on any atom is -0.394 e. The molecule has 0 aliphatic carbocycles. The molecular formula is C11H13F2N3O5. The molecule has 1 aliphatic rings. The van der Waals surface area contributed by atoms with Gasteiger partial charge in [0.1, 0.15) is 18.0 Å². The Morgan fingerprint density at radius 3 is 2.67 bits per heavy atom. The third-order valence-electron chi connectivity index (χ3n) is 3.12. The number of nitrogens with zero attached hydrogens (tertiary/aromatic N) is 2. The van der Waals surface area contributed by atoms with E-state index in [0.717, 1.165) is 6.20 Å². The molecule has 0 saturated carbocycles. The second kappa shape index (κ2) is 5.85. The van der Waals surface area contributed by atoms with Crippen LogP contribution in [0.15, 0.2) is 22.6 Å². The summed E-state index contributed by atoms with van der Waals surface area (Å²) in [5.74, 6) is -0.234. The van der Waals surface area contributed by atoms with Crippen LogP contribution in [0.25, 0.3) is 0 Å². The maximum atomic E-state index is 13.0. The summed E-state index contributed by atoms with van der Waals surface area (Å²) in [6.07, 6.45) is -5.89. The van der Waals surface area contributed by atoms with Gasteiger partial charge in [-0.1, -0.05) is 0 Å². The van der Waals surface area contributed by atoms with Crippen molar-refractivity contribution >= 4 is 5.82 Å². The van der Waals surface area contributed by atoms with Crippen LogP contribution >= 0.6 is 0 Å². The van der Waals surface area contributed by atoms with E-state index >= 15 is 0 Å². The Hall–Kier alpha value is -1.88. The van der Waals surface area contributed by atoms with E-state index in [1.165, 1.54) is 0 Å². The molecule has 8 nitrogen and oxygen atoms in total. The molecule has 1 aliphatic heterocycles. The predicted molar refractivity (Wildman–Crippen MR) is 65.1 cm³/mol. The molecule has 1 aromatic heterocycles. The summed E-state index contributed by atoms with van der Waals surface area (Å²) in [5, 5.41) is 27.8. The van der Waals surface area contributed by atoms with Gasteiger partial charge in [-0.05, 0) is 0 Å². The Morgan fingerprint density at radius 1 is 1.48 bits per heavy atom. The van der Waals surface area contributed by atoms with Crippen molar-refractivity contribution in [2.75, 3.05) is 12.3 Å². The molecule has 1 saturated heterocycles. The molecule has 1 unspecified atom stereocenters. The van der Waals surface area contributed by atoms with Gasteiger partial charge in [0.05, 0.1) is 18.8 Å². The molecule has 5 N–H and O–H groups in total. The zero-order valence-corrected chi connectivity index (χ0v) is 10.6. The highest BCUT2D eigenvalue weighted by Crippen LogP contribution is 2.36. The summed E-state index contributed by atoms with van der Waals surface area (Å²) < 4.78 is 31.7. The first kappa shape index (κ1) is 15.5. The van der Waals surface area contributed by atoms with Gasteiger partial charge in [-0.25, -0.2) is 4.79 Å². The summed E-state index contributed by atoms with van der Waals surface area (Å²) in [6, 6.07) is 0. The molecule has 21 heavy (non-hydrogen) atoms. The van der Waals surface area contributed by atoms with Crippen molar-refractivity contribution in [2.45, 2.75) is 25.0 Å². The molecule has 2 heterocycles. The smallest absolute Gasteiger partial charge is 0.351 e. The second-order valence-electron chi connectivity index (χ2n) is 4.37. The van der Waals surface area contributed by atoms with Crippen LogP contribution < -0.4 is 11.4 Å². The first-order chi connectivity index (χ1) is 9.90. The SMILES string of the molecule is Nc1nc(=O)n([C@@H]2O[C@H](CO)C(O)C2=C(F)F)cc1CO. The third kappa shape index (κ3) is 2.65. The quantitative estimate of drug-likeness (QED) is 0.547. The van der Waals surface area contributed by atoms with Gasteiger partial charge in [-0.15, -0.1) is 0 Å². The number of rotatable bonds is 3. The average Bonchev–Trinajstić information content (AvgIpc) is 2.75. The van der Waals surface area contributed by atoms with E-state index in [0.29, 0.717) is 4.57 Å². The van der Waals surface area contributed by atoms with Crippen molar-refractivity contribution in [3.63, 3.8) is 0 Å². The molecule has 1 aromatic rings.